The van der Waals surface area contributed by atoms with Crippen molar-refractivity contribution in [2.45, 2.75) is 101 Å². The Morgan fingerprint density at radius 2 is 1.89 bits per heavy atom. The van der Waals surface area contributed by atoms with Crippen LogP contribution < -0.4 is 0 Å². The summed E-state index contributed by atoms with van der Waals surface area (Å²) in [6.45, 7) is 24.9. The van der Waals surface area contributed by atoms with E-state index in [2.05, 4.69) is 53.4 Å². The van der Waals surface area contributed by atoms with Crippen molar-refractivity contribution in [2.75, 3.05) is 6.54 Å². The number of para-hydroxylation sites is 1. The summed E-state index contributed by atoms with van der Waals surface area (Å²) in [5, 5.41) is 0.875. The highest BCUT2D eigenvalue weighted by atomic mass is 33.1. The van der Waals surface area contributed by atoms with Crippen molar-refractivity contribution in [3.05, 3.63) is 35.4 Å². The molecule has 1 unspecified atom stereocenters. The molecule has 1 aromatic heterocycles. The van der Waals surface area contributed by atoms with Crippen LogP contribution in [-0.2, 0) is 18.8 Å². The van der Waals surface area contributed by atoms with E-state index in [-0.39, 0.29) is 22.3 Å². The van der Waals surface area contributed by atoms with Crippen LogP contribution in [0.2, 0.25) is 18.1 Å². The third-order valence-corrected chi connectivity index (χ3v) is 15.1. The Morgan fingerprint density at radius 1 is 1.24 bits per heavy atom. The fraction of sp³-hybridized carbons (Fsp3) is 0.593. The lowest BCUT2D eigenvalue weighted by Gasteiger charge is -2.42. The lowest BCUT2D eigenvalue weighted by molar-refractivity contribution is -0.166. The molecule has 37 heavy (non-hydrogen) atoms. The first-order chi connectivity index (χ1) is 16.9. The fourth-order valence-corrected chi connectivity index (χ4v) is 8.63. The van der Waals surface area contributed by atoms with Gasteiger partial charge in [0.1, 0.15) is 15.9 Å². The van der Waals surface area contributed by atoms with E-state index in [0.717, 1.165) is 20.1 Å². The zero-order valence-electron chi connectivity index (χ0n) is 23.6. The normalized spacial score (nSPS) is 18.5. The van der Waals surface area contributed by atoms with Gasteiger partial charge in [0.05, 0.1) is 16.3 Å². The summed E-state index contributed by atoms with van der Waals surface area (Å²) < 4.78 is 13.2. The second-order valence-corrected chi connectivity index (χ2v) is 20.4. The van der Waals surface area contributed by atoms with Crippen LogP contribution in [0.4, 0.5) is 0 Å². The monoisotopic (exact) mass is 580 g/mol. The largest absolute Gasteiger partial charge is 0.458 e. The second-order valence-electron chi connectivity index (χ2n) is 12.1. The van der Waals surface area contributed by atoms with Gasteiger partial charge in [-0.2, -0.15) is 0 Å². The topological polar surface area (TPSA) is 68.7 Å². The van der Waals surface area contributed by atoms with Gasteiger partial charge in [0, 0.05) is 11.4 Å². The molecule has 1 aliphatic rings. The third-order valence-electron chi connectivity index (χ3n) is 6.61. The molecule has 3 rings (SSSR count). The fourth-order valence-electron chi connectivity index (χ4n) is 3.64. The molecule has 1 aromatic carbocycles. The molecule has 1 saturated heterocycles. The molecule has 1 aliphatic heterocycles. The number of aromatic nitrogens is 1. The van der Waals surface area contributed by atoms with E-state index in [9.17, 15) is 9.59 Å². The first kappa shape index (κ1) is 30.2. The number of β-lactam (4-membered cyclic amide) rings is 1. The number of hydrogen-bond acceptors (Lipinski definition) is 8. The van der Waals surface area contributed by atoms with Crippen molar-refractivity contribution in [1.82, 2.24) is 9.88 Å². The van der Waals surface area contributed by atoms with E-state index < -0.39 is 25.9 Å². The minimum Gasteiger partial charge on any atom is -0.458 e. The summed E-state index contributed by atoms with van der Waals surface area (Å²) in [5.74, 6) is -0.503. The predicted molar refractivity (Wildman–Crippen MR) is 160 cm³/mol. The molecular formula is C27H40N2O4S3Si. The maximum Gasteiger partial charge on any atom is 0.333 e. The molecule has 2 heterocycles. The van der Waals surface area contributed by atoms with Gasteiger partial charge in [-0.25, -0.2) is 9.78 Å². The molecule has 0 saturated carbocycles. The van der Waals surface area contributed by atoms with Crippen molar-refractivity contribution in [1.29, 1.82) is 0 Å². The SMILES string of the molecule is C=C(C)[C@H](C(=O)OC(C)(C)C)N1C[C@H](SSc2cccc3sc(C(C)O[Si](C)(C)C(C)(C)C)nc23)C1=O. The summed E-state index contributed by atoms with van der Waals surface area (Å²) in [5.41, 5.74) is 0.927. The molecule has 2 aromatic rings. The lowest BCUT2D eigenvalue weighted by atomic mass is 10.0. The Hall–Kier alpha value is -1.33. The van der Waals surface area contributed by atoms with Crippen LogP contribution in [0.15, 0.2) is 35.2 Å². The van der Waals surface area contributed by atoms with E-state index in [1.54, 1.807) is 34.0 Å². The molecule has 0 aliphatic carbocycles. The molecular weight excluding hydrogens is 541 g/mol. The van der Waals surface area contributed by atoms with Gasteiger partial charge in [0.15, 0.2) is 14.4 Å². The number of nitrogens with zero attached hydrogens (tertiary/aromatic N) is 2. The molecule has 3 atom stereocenters. The van der Waals surface area contributed by atoms with E-state index in [1.807, 2.05) is 32.9 Å². The Kier molecular flexibility index (Phi) is 9.01. The van der Waals surface area contributed by atoms with Crippen molar-refractivity contribution < 1.29 is 18.8 Å². The number of likely N-dealkylation sites (tertiary alicyclic amines) is 1. The van der Waals surface area contributed by atoms with Crippen LogP contribution in [0.25, 0.3) is 10.2 Å². The number of esters is 1. The maximum absolute atomic E-state index is 13.0. The summed E-state index contributed by atoms with van der Waals surface area (Å²) in [6, 6.07) is 5.40. The summed E-state index contributed by atoms with van der Waals surface area (Å²) in [7, 11) is 1.16. The summed E-state index contributed by atoms with van der Waals surface area (Å²) in [6.07, 6.45) is -0.0718. The number of rotatable bonds is 9. The van der Waals surface area contributed by atoms with E-state index in [1.165, 1.54) is 10.8 Å². The number of hydrogen-bond donors (Lipinski definition) is 0. The van der Waals surface area contributed by atoms with Crippen molar-refractivity contribution >= 4 is 63.3 Å². The number of ether oxygens (including phenoxy) is 1. The molecule has 10 heteroatoms. The first-order valence-electron chi connectivity index (χ1n) is 12.5. The van der Waals surface area contributed by atoms with Gasteiger partial charge in [-0.1, -0.05) is 55.0 Å². The first-order valence-corrected chi connectivity index (χ1v) is 18.4. The number of fused-ring (bicyclic) bond motifs is 1. The molecule has 0 bridgehead atoms. The van der Waals surface area contributed by atoms with Gasteiger partial charge in [0.25, 0.3) is 0 Å². The minimum atomic E-state index is -1.92. The van der Waals surface area contributed by atoms with Crippen LogP contribution >= 0.6 is 32.9 Å². The minimum absolute atomic E-state index is 0.0705. The van der Waals surface area contributed by atoms with Gasteiger partial charge in [-0.15, -0.1) is 11.3 Å². The number of carbonyl (C=O) groups is 2. The molecule has 1 amide bonds. The summed E-state index contributed by atoms with van der Waals surface area (Å²) in [4.78, 5) is 33.2. The molecule has 0 N–H and O–H groups in total. The van der Waals surface area contributed by atoms with E-state index in [4.69, 9.17) is 14.1 Å². The highest BCUT2D eigenvalue weighted by Gasteiger charge is 2.45. The van der Waals surface area contributed by atoms with Crippen LogP contribution in [-0.4, -0.2) is 53.5 Å². The number of thiazole rings is 1. The Balaban J connectivity index is 1.68. The third kappa shape index (κ3) is 7.01. The molecule has 0 radical (unpaired) electrons. The Morgan fingerprint density at radius 3 is 2.43 bits per heavy atom. The average Bonchev–Trinajstić information content (AvgIpc) is 3.18. The standard InChI is InChI=1S/C27H40N2O4S3Si/c1-16(2)22(25(31)32-26(4,5)6)29-15-20(24(29)30)36-35-19-14-12-13-18-21(19)28-23(34-18)17(3)33-37(10,11)27(7,8)9/h12-14,17,20,22H,1,15H2,2-11H3/t17?,20-,22+/m0/s1. The second kappa shape index (κ2) is 11.0. The van der Waals surface area contributed by atoms with Gasteiger partial charge < -0.3 is 14.1 Å². The van der Waals surface area contributed by atoms with Gasteiger partial charge in [-0.3, -0.25) is 4.79 Å². The number of amides is 1. The lowest BCUT2D eigenvalue weighted by Crippen LogP contribution is -2.61. The van der Waals surface area contributed by atoms with E-state index in [0.29, 0.717) is 12.1 Å². The molecule has 1 fully saturated rings. The predicted octanol–water partition coefficient (Wildman–Crippen LogP) is 7.62. The van der Waals surface area contributed by atoms with Crippen LogP contribution in [0, 0.1) is 0 Å². The van der Waals surface area contributed by atoms with Gasteiger partial charge in [0.2, 0.25) is 5.91 Å². The highest BCUT2D eigenvalue weighted by molar-refractivity contribution is 8.77. The van der Waals surface area contributed by atoms with Crippen molar-refractivity contribution in [3.63, 3.8) is 0 Å². The quantitative estimate of drug-likeness (QED) is 0.0993. The van der Waals surface area contributed by atoms with E-state index >= 15 is 0 Å². The number of carbonyl (C=O) groups excluding carboxylic acids is 2. The highest BCUT2D eigenvalue weighted by Crippen LogP contribution is 2.45. The molecule has 0 spiro atoms. The number of benzene rings is 1. The van der Waals surface area contributed by atoms with Crippen LogP contribution in [0.5, 0.6) is 0 Å². The zero-order valence-corrected chi connectivity index (χ0v) is 27.1. The Bertz CT molecular complexity index is 1180. The van der Waals surface area contributed by atoms with Gasteiger partial charge >= 0.3 is 5.97 Å². The maximum atomic E-state index is 13.0. The smallest absolute Gasteiger partial charge is 0.333 e. The molecule has 204 valence electrons. The average molecular weight is 581 g/mol. The molecule has 6 nitrogen and oxygen atoms in total. The van der Waals surface area contributed by atoms with Crippen molar-refractivity contribution in [3.8, 4) is 0 Å². The van der Waals surface area contributed by atoms with Gasteiger partial charge in [-0.05, 0) is 70.5 Å². The van der Waals surface area contributed by atoms with Crippen LogP contribution in [0.1, 0.15) is 66.5 Å². The summed E-state index contributed by atoms with van der Waals surface area (Å²) >= 11 is 1.67. The Labute approximate surface area is 234 Å². The van der Waals surface area contributed by atoms with Crippen LogP contribution in [0.3, 0.4) is 0 Å². The zero-order chi connectivity index (χ0) is 27.9. The van der Waals surface area contributed by atoms with Crippen molar-refractivity contribution in [2.24, 2.45) is 0 Å².